The summed E-state index contributed by atoms with van der Waals surface area (Å²) in [5.41, 5.74) is 1.08. The number of hydrogen-bond acceptors (Lipinski definition) is 3. The molecule has 56 valence electrons. The van der Waals surface area contributed by atoms with Crippen LogP contribution in [0.2, 0.25) is 0 Å². The Morgan fingerprint density at radius 3 is 3.00 bits per heavy atom. The van der Waals surface area contributed by atoms with Crippen molar-refractivity contribution in [1.29, 1.82) is 0 Å². The zero-order chi connectivity index (χ0) is 7.40. The minimum absolute atomic E-state index is 0.133. The lowest BCUT2D eigenvalue weighted by atomic mass is 10.4. The number of nitrogens with zero attached hydrogens (tertiary/aromatic N) is 2. The molecule has 10 heavy (non-hydrogen) atoms. The first kappa shape index (κ1) is 7.63. The second-order valence-corrected chi connectivity index (χ2v) is 2.31. The fourth-order valence-electron chi connectivity index (χ4n) is 0.713. The van der Waals surface area contributed by atoms with Gasteiger partial charge in [0.2, 0.25) is 0 Å². The summed E-state index contributed by atoms with van der Waals surface area (Å²) in [4.78, 5) is 0. The van der Waals surface area contributed by atoms with E-state index in [4.69, 9.17) is 5.11 Å². The average Bonchev–Trinajstić information content (AvgIpc) is 2.37. The first-order valence-corrected chi connectivity index (χ1v) is 3.73. The molecule has 0 aliphatic heterocycles. The smallest absolute Gasteiger partial charge is 0.0640 e. The maximum atomic E-state index is 8.52. The van der Waals surface area contributed by atoms with Crippen LogP contribution >= 0.6 is 12.6 Å². The van der Waals surface area contributed by atoms with E-state index in [1.54, 1.807) is 10.9 Å². The Balaban J connectivity index is 2.59. The number of aromatic nitrogens is 2. The van der Waals surface area contributed by atoms with Crippen LogP contribution in [0.15, 0.2) is 12.4 Å². The molecule has 1 heterocycles. The second kappa shape index (κ2) is 3.63. The summed E-state index contributed by atoms with van der Waals surface area (Å²) in [6.07, 6.45) is 3.63. The van der Waals surface area contributed by atoms with Crippen LogP contribution in [0.1, 0.15) is 5.56 Å². The van der Waals surface area contributed by atoms with Crippen LogP contribution in [0, 0.1) is 0 Å². The summed E-state index contributed by atoms with van der Waals surface area (Å²) in [5.74, 6) is 0.700. The van der Waals surface area contributed by atoms with Gasteiger partial charge in [0.1, 0.15) is 0 Å². The number of aliphatic hydroxyl groups is 1. The van der Waals surface area contributed by atoms with E-state index in [1.807, 2.05) is 6.20 Å². The van der Waals surface area contributed by atoms with E-state index in [0.717, 1.165) is 5.56 Å². The van der Waals surface area contributed by atoms with Crippen molar-refractivity contribution in [2.24, 2.45) is 0 Å². The molecular weight excluding hydrogens is 148 g/mol. The van der Waals surface area contributed by atoms with E-state index in [-0.39, 0.29) is 6.61 Å². The highest BCUT2D eigenvalue weighted by atomic mass is 32.1. The van der Waals surface area contributed by atoms with Crippen LogP contribution in [0.5, 0.6) is 0 Å². The van der Waals surface area contributed by atoms with Crippen molar-refractivity contribution in [3.05, 3.63) is 18.0 Å². The van der Waals surface area contributed by atoms with Crippen molar-refractivity contribution < 1.29 is 5.11 Å². The summed E-state index contributed by atoms with van der Waals surface area (Å²) in [7, 11) is 0. The molecule has 0 amide bonds. The predicted octanol–water partition coefficient (Wildman–Crippen LogP) is 0.305. The van der Waals surface area contributed by atoms with Crippen molar-refractivity contribution >= 4 is 12.6 Å². The Morgan fingerprint density at radius 2 is 2.50 bits per heavy atom. The molecule has 1 N–H and O–H groups in total. The molecule has 0 fully saturated rings. The monoisotopic (exact) mass is 158 g/mol. The highest BCUT2D eigenvalue weighted by molar-refractivity contribution is 7.79. The van der Waals surface area contributed by atoms with Crippen LogP contribution < -0.4 is 0 Å². The molecule has 0 aromatic carbocycles. The molecule has 0 aliphatic rings. The summed E-state index contributed by atoms with van der Waals surface area (Å²) in [6.45, 7) is 0.696. The van der Waals surface area contributed by atoms with Gasteiger partial charge in [-0.05, 0) is 5.56 Å². The fraction of sp³-hybridized carbons (Fsp3) is 0.500. The summed E-state index contributed by atoms with van der Waals surface area (Å²) in [5, 5.41) is 12.5. The topological polar surface area (TPSA) is 38.0 Å². The van der Waals surface area contributed by atoms with Gasteiger partial charge in [0.25, 0.3) is 0 Å². The molecule has 0 atom stereocenters. The van der Waals surface area contributed by atoms with Crippen molar-refractivity contribution in [3.8, 4) is 0 Å². The van der Waals surface area contributed by atoms with E-state index in [9.17, 15) is 0 Å². The van der Waals surface area contributed by atoms with Gasteiger partial charge < -0.3 is 5.11 Å². The lowest BCUT2D eigenvalue weighted by Gasteiger charge is -1.93. The Labute approximate surface area is 65.1 Å². The first-order chi connectivity index (χ1) is 4.86. The molecule has 0 bridgehead atoms. The van der Waals surface area contributed by atoms with E-state index >= 15 is 0 Å². The normalized spacial score (nSPS) is 10.2. The lowest BCUT2D eigenvalue weighted by molar-refractivity contribution is 0.269. The van der Waals surface area contributed by atoms with Gasteiger partial charge in [0.05, 0.1) is 19.3 Å². The Kier molecular flexibility index (Phi) is 2.77. The van der Waals surface area contributed by atoms with Crippen molar-refractivity contribution in [1.82, 2.24) is 9.78 Å². The zero-order valence-corrected chi connectivity index (χ0v) is 6.46. The minimum Gasteiger partial charge on any atom is -0.394 e. The number of rotatable bonds is 3. The molecule has 0 unspecified atom stereocenters. The third-order valence-corrected chi connectivity index (χ3v) is 1.56. The molecule has 0 saturated carbocycles. The van der Waals surface area contributed by atoms with Crippen LogP contribution in [-0.2, 0) is 12.3 Å². The fourth-order valence-corrected chi connectivity index (χ4v) is 0.876. The molecule has 0 saturated heterocycles. The van der Waals surface area contributed by atoms with Gasteiger partial charge in [0.15, 0.2) is 0 Å². The molecule has 1 rings (SSSR count). The summed E-state index contributed by atoms with van der Waals surface area (Å²) < 4.78 is 1.70. The minimum atomic E-state index is 0.133. The van der Waals surface area contributed by atoms with Crippen molar-refractivity contribution in [3.63, 3.8) is 0 Å². The van der Waals surface area contributed by atoms with Crippen molar-refractivity contribution in [2.75, 3.05) is 6.61 Å². The second-order valence-electron chi connectivity index (χ2n) is 1.99. The maximum absolute atomic E-state index is 8.52. The molecule has 4 heteroatoms. The van der Waals surface area contributed by atoms with Crippen LogP contribution in [-0.4, -0.2) is 21.5 Å². The molecule has 0 spiro atoms. The first-order valence-electron chi connectivity index (χ1n) is 3.10. The molecule has 1 aromatic rings. The third kappa shape index (κ3) is 1.75. The van der Waals surface area contributed by atoms with Gasteiger partial charge in [-0.1, -0.05) is 0 Å². The Hall–Kier alpha value is -0.480. The largest absolute Gasteiger partial charge is 0.394 e. The van der Waals surface area contributed by atoms with Gasteiger partial charge in [0, 0.05) is 11.9 Å². The van der Waals surface area contributed by atoms with E-state index in [1.165, 1.54) is 0 Å². The van der Waals surface area contributed by atoms with Crippen LogP contribution in [0.4, 0.5) is 0 Å². The molecule has 0 aliphatic carbocycles. The van der Waals surface area contributed by atoms with Crippen molar-refractivity contribution in [2.45, 2.75) is 12.3 Å². The molecule has 3 nitrogen and oxygen atoms in total. The van der Waals surface area contributed by atoms with Gasteiger partial charge in [-0.3, -0.25) is 4.68 Å². The summed E-state index contributed by atoms with van der Waals surface area (Å²) in [6, 6.07) is 0. The Morgan fingerprint density at radius 1 is 1.70 bits per heavy atom. The predicted molar refractivity (Wildman–Crippen MR) is 42.0 cm³/mol. The quantitative estimate of drug-likeness (QED) is 0.621. The maximum Gasteiger partial charge on any atom is 0.0640 e. The number of thiol groups is 1. The highest BCUT2D eigenvalue weighted by Crippen LogP contribution is 2.00. The van der Waals surface area contributed by atoms with Gasteiger partial charge in [-0.15, -0.1) is 0 Å². The van der Waals surface area contributed by atoms with Crippen LogP contribution in [0.25, 0.3) is 0 Å². The van der Waals surface area contributed by atoms with Gasteiger partial charge in [-0.2, -0.15) is 17.7 Å². The number of aliphatic hydroxyl groups excluding tert-OH is 1. The van der Waals surface area contributed by atoms with Gasteiger partial charge >= 0.3 is 0 Å². The molecule has 1 aromatic heterocycles. The SMILES string of the molecule is OCCn1cc(CS)cn1. The van der Waals surface area contributed by atoms with E-state index < -0.39 is 0 Å². The molecule has 0 radical (unpaired) electrons. The highest BCUT2D eigenvalue weighted by Gasteiger charge is 1.93. The standard InChI is InChI=1S/C6H10N2OS/c9-2-1-8-4-6(5-10)3-7-8/h3-4,9-10H,1-2,5H2. The van der Waals surface area contributed by atoms with Gasteiger partial charge in [-0.25, -0.2) is 0 Å². The van der Waals surface area contributed by atoms with E-state index in [0.29, 0.717) is 12.3 Å². The Bertz CT molecular complexity index is 199. The lowest BCUT2D eigenvalue weighted by Crippen LogP contribution is -2.01. The molecular formula is C6H10N2OS. The third-order valence-electron chi connectivity index (χ3n) is 1.20. The average molecular weight is 158 g/mol. The number of hydrogen-bond donors (Lipinski definition) is 2. The summed E-state index contributed by atoms with van der Waals surface area (Å²) >= 11 is 4.08. The van der Waals surface area contributed by atoms with E-state index in [2.05, 4.69) is 17.7 Å². The zero-order valence-electron chi connectivity index (χ0n) is 5.56. The van der Waals surface area contributed by atoms with Crippen LogP contribution in [0.3, 0.4) is 0 Å².